The third kappa shape index (κ3) is 6.50. The van der Waals surface area contributed by atoms with E-state index in [4.69, 9.17) is 10.5 Å². The van der Waals surface area contributed by atoms with Gasteiger partial charge in [-0.05, 0) is 47.7 Å². The van der Waals surface area contributed by atoms with E-state index < -0.39 is 0 Å². The number of ether oxygens (including phenoxy) is 1. The summed E-state index contributed by atoms with van der Waals surface area (Å²) in [6.45, 7) is 4.87. The summed E-state index contributed by atoms with van der Waals surface area (Å²) in [4.78, 5) is 11.8. The third-order valence-electron chi connectivity index (χ3n) is 3.61. The largest absolute Gasteiger partial charge is 0.484 e. The second-order valence-corrected chi connectivity index (χ2v) is 5.86. The highest BCUT2D eigenvalue weighted by atomic mass is 35.5. The van der Waals surface area contributed by atoms with E-state index in [0.717, 1.165) is 23.4 Å². The highest BCUT2D eigenvalue weighted by Crippen LogP contribution is 2.19. The number of nitrogen functional groups attached to an aromatic ring is 1. The first-order chi connectivity index (χ1) is 11.0. The molecule has 0 saturated carbocycles. The molecule has 0 aliphatic carbocycles. The zero-order chi connectivity index (χ0) is 16.7. The van der Waals surface area contributed by atoms with E-state index in [9.17, 15) is 4.79 Å². The summed E-state index contributed by atoms with van der Waals surface area (Å²) in [6, 6.07) is 15.5. The van der Waals surface area contributed by atoms with Crippen LogP contribution in [0.25, 0.3) is 0 Å². The van der Waals surface area contributed by atoms with Gasteiger partial charge >= 0.3 is 0 Å². The van der Waals surface area contributed by atoms with Crippen LogP contribution in [0.15, 0.2) is 48.5 Å². The van der Waals surface area contributed by atoms with Crippen molar-refractivity contribution in [2.24, 2.45) is 0 Å². The quantitative estimate of drug-likeness (QED) is 0.752. The average molecular weight is 349 g/mol. The van der Waals surface area contributed by atoms with Crippen molar-refractivity contribution in [3.63, 3.8) is 0 Å². The Hall–Kier alpha value is -2.20. The number of amides is 1. The van der Waals surface area contributed by atoms with Gasteiger partial charge in [-0.1, -0.05) is 38.1 Å². The van der Waals surface area contributed by atoms with Crippen LogP contribution < -0.4 is 15.8 Å². The van der Waals surface area contributed by atoms with Gasteiger partial charge < -0.3 is 15.8 Å². The number of nitrogens with one attached hydrogen (secondary N) is 1. The Kier molecular flexibility index (Phi) is 8.13. The van der Waals surface area contributed by atoms with Gasteiger partial charge in [-0.3, -0.25) is 4.79 Å². The fourth-order valence-corrected chi connectivity index (χ4v) is 2.19. The predicted octanol–water partition coefficient (Wildman–Crippen LogP) is 3.55. The molecule has 0 atom stereocenters. The van der Waals surface area contributed by atoms with E-state index in [2.05, 4.69) is 25.2 Å². The van der Waals surface area contributed by atoms with E-state index >= 15 is 0 Å². The second kappa shape index (κ2) is 9.83. The van der Waals surface area contributed by atoms with E-state index in [-0.39, 0.29) is 24.9 Å². The van der Waals surface area contributed by atoms with Crippen molar-refractivity contribution in [1.29, 1.82) is 0 Å². The summed E-state index contributed by atoms with van der Waals surface area (Å²) >= 11 is 0. The molecule has 2 rings (SSSR count). The number of benzene rings is 2. The minimum atomic E-state index is -0.115. The van der Waals surface area contributed by atoms with Gasteiger partial charge in [-0.25, -0.2) is 0 Å². The van der Waals surface area contributed by atoms with Gasteiger partial charge in [0.1, 0.15) is 5.75 Å². The zero-order valence-electron chi connectivity index (χ0n) is 14.1. The Labute approximate surface area is 149 Å². The molecule has 0 aromatic heterocycles. The Bertz CT molecular complexity index is 642. The molecule has 0 heterocycles. The molecule has 5 heteroatoms. The first-order valence-corrected chi connectivity index (χ1v) is 7.88. The summed E-state index contributed by atoms with van der Waals surface area (Å²) in [5.41, 5.74) is 8.73. The molecular weight excluding hydrogens is 324 g/mol. The first kappa shape index (κ1) is 19.8. The van der Waals surface area contributed by atoms with Gasteiger partial charge in [0, 0.05) is 12.2 Å². The maximum absolute atomic E-state index is 11.8. The molecule has 2 aromatic rings. The lowest BCUT2D eigenvalue weighted by Crippen LogP contribution is -2.30. The van der Waals surface area contributed by atoms with Crippen LogP contribution in [0.3, 0.4) is 0 Å². The number of carbonyl (C=O) groups excluding carboxylic acids is 1. The number of hydrogen-bond donors (Lipinski definition) is 2. The molecule has 130 valence electrons. The number of hydrogen-bond acceptors (Lipinski definition) is 3. The van der Waals surface area contributed by atoms with Gasteiger partial charge in [-0.15, -0.1) is 12.4 Å². The van der Waals surface area contributed by atoms with Gasteiger partial charge in [0.05, 0.1) is 0 Å². The smallest absolute Gasteiger partial charge is 0.257 e. The molecule has 3 N–H and O–H groups in total. The Morgan fingerprint density at radius 1 is 1.17 bits per heavy atom. The van der Waals surface area contributed by atoms with Crippen molar-refractivity contribution in [2.75, 3.05) is 18.9 Å². The molecule has 0 unspecified atom stereocenters. The van der Waals surface area contributed by atoms with E-state index in [1.165, 1.54) is 5.56 Å². The van der Waals surface area contributed by atoms with Gasteiger partial charge in [-0.2, -0.15) is 0 Å². The van der Waals surface area contributed by atoms with Crippen LogP contribution in [0, 0.1) is 0 Å². The molecule has 2 aromatic carbocycles. The maximum Gasteiger partial charge on any atom is 0.257 e. The number of nitrogens with two attached hydrogens (primary N) is 1. The molecular formula is C19H25ClN2O2. The SMILES string of the molecule is CC(C)c1cccc(OCC(=O)NCCc2ccc(N)cc2)c1.Cl. The van der Waals surface area contributed by atoms with Crippen LogP contribution in [-0.4, -0.2) is 19.1 Å². The fourth-order valence-electron chi connectivity index (χ4n) is 2.19. The van der Waals surface area contributed by atoms with E-state index in [0.29, 0.717) is 12.5 Å². The minimum Gasteiger partial charge on any atom is -0.484 e. The molecule has 0 aliphatic rings. The summed E-state index contributed by atoms with van der Waals surface area (Å²) in [5.74, 6) is 1.05. The van der Waals surface area contributed by atoms with Crippen molar-refractivity contribution in [1.82, 2.24) is 5.32 Å². The van der Waals surface area contributed by atoms with Crippen LogP contribution in [-0.2, 0) is 11.2 Å². The Morgan fingerprint density at radius 2 is 1.88 bits per heavy atom. The molecule has 24 heavy (non-hydrogen) atoms. The number of anilines is 1. The summed E-state index contributed by atoms with van der Waals surface area (Å²) in [5, 5.41) is 2.86. The third-order valence-corrected chi connectivity index (χ3v) is 3.61. The molecule has 0 saturated heterocycles. The van der Waals surface area contributed by atoms with Crippen LogP contribution in [0.2, 0.25) is 0 Å². The normalized spacial score (nSPS) is 10.1. The molecule has 1 amide bonds. The van der Waals surface area contributed by atoms with Crippen molar-refractivity contribution in [2.45, 2.75) is 26.2 Å². The molecule has 0 fully saturated rings. The number of carbonyl (C=O) groups is 1. The Balaban J connectivity index is 0.00000288. The monoisotopic (exact) mass is 348 g/mol. The zero-order valence-corrected chi connectivity index (χ0v) is 14.9. The van der Waals surface area contributed by atoms with Crippen LogP contribution in [0.5, 0.6) is 5.75 Å². The summed E-state index contributed by atoms with van der Waals surface area (Å²) in [6.07, 6.45) is 0.773. The minimum absolute atomic E-state index is 0. The maximum atomic E-state index is 11.8. The van der Waals surface area contributed by atoms with Gasteiger partial charge in [0.15, 0.2) is 6.61 Å². The van der Waals surface area contributed by atoms with Crippen molar-refractivity contribution in [3.05, 3.63) is 59.7 Å². The molecule has 0 spiro atoms. The Morgan fingerprint density at radius 3 is 2.54 bits per heavy atom. The van der Waals surface area contributed by atoms with Crippen molar-refractivity contribution >= 4 is 24.0 Å². The average Bonchev–Trinajstić information content (AvgIpc) is 2.55. The van der Waals surface area contributed by atoms with Gasteiger partial charge in [0.25, 0.3) is 5.91 Å². The standard InChI is InChI=1S/C19H24N2O2.ClH/c1-14(2)16-4-3-5-18(12-16)23-13-19(22)21-11-10-15-6-8-17(20)9-7-15;/h3-9,12,14H,10-11,13,20H2,1-2H3,(H,21,22);1H. The topological polar surface area (TPSA) is 64.3 Å². The molecule has 0 bridgehead atoms. The van der Waals surface area contributed by atoms with E-state index in [1.54, 1.807) is 0 Å². The van der Waals surface area contributed by atoms with Crippen molar-refractivity contribution < 1.29 is 9.53 Å². The summed E-state index contributed by atoms with van der Waals surface area (Å²) in [7, 11) is 0. The highest BCUT2D eigenvalue weighted by molar-refractivity contribution is 5.85. The number of rotatable bonds is 7. The molecule has 0 aliphatic heterocycles. The van der Waals surface area contributed by atoms with Crippen LogP contribution >= 0.6 is 12.4 Å². The lowest BCUT2D eigenvalue weighted by Gasteiger charge is -2.10. The first-order valence-electron chi connectivity index (χ1n) is 7.88. The highest BCUT2D eigenvalue weighted by Gasteiger charge is 2.05. The van der Waals surface area contributed by atoms with Crippen LogP contribution in [0.1, 0.15) is 30.9 Å². The second-order valence-electron chi connectivity index (χ2n) is 5.86. The summed E-state index contributed by atoms with van der Waals surface area (Å²) < 4.78 is 5.55. The van der Waals surface area contributed by atoms with Crippen molar-refractivity contribution in [3.8, 4) is 5.75 Å². The lowest BCUT2D eigenvalue weighted by atomic mass is 10.0. The van der Waals surface area contributed by atoms with Gasteiger partial charge in [0.2, 0.25) is 0 Å². The van der Waals surface area contributed by atoms with Crippen LogP contribution in [0.4, 0.5) is 5.69 Å². The number of halogens is 1. The molecule has 4 nitrogen and oxygen atoms in total. The predicted molar refractivity (Wildman–Crippen MR) is 101 cm³/mol. The fraction of sp³-hybridized carbons (Fsp3) is 0.316. The molecule has 0 radical (unpaired) electrons. The lowest BCUT2D eigenvalue weighted by molar-refractivity contribution is -0.123. The van der Waals surface area contributed by atoms with E-state index in [1.807, 2.05) is 42.5 Å².